The zero-order valence-electron chi connectivity index (χ0n) is 23.5. The maximum absolute atomic E-state index is 12.5. The monoisotopic (exact) mass is 585 g/mol. The smallest absolute Gasteiger partial charge is 0.252 e. The van der Waals surface area contributed by atoms with Crippen molar-refractivity contribution in [1.82, 2.24) is 10.3 Å². The quantitative estimate of drug-likeness (QED) is 0.260. The van der Waals surface area contributed by atoms with E-state index in [1.54, 1.807) is 50.7 Å². The van der Waals surface area contributed by atoms with E-state index in [-0.39, 0.29) is 23.7 Å². The predicted molar refractivity (Wildman–Crippen MR) is 162 cm³/mol. The number of fused-ring (bicyclic) bond motifs is 1. The summed E-state index contributed by atoms with van der Waals surface area (Å²) < 4.78 is 23.0. The highest BCUT2D eigenvalue weighted by atomic mass is 35.5. The van der Waals surface area contributed by atoms with E-state index in [2.05, 4.69) is 36.4 Å². The Morgan fingerprint density at radius 2 is 1.82 bits per heavy atom. The summed E-state index contributed by atoms with van der Waals surface area (Å²) in [5, 5.41) is 6.95. The first-order chi connectivity index (χ1) is 19.2. The van der Waals surface area contributed by atoms with Gasteiger partial charge in [-0.3, -0.25) is 9.78 Å². The zero-order valence-corrected chi connectivity index (χ0v) is 25.0. The van der Waals surface area contributed by atoms with Gasteiger partial charge in [0.1, 0.15) is 18.1 Å². The van der Waals surface area contributed by atoms with E-state index in [0.29, 0.717) is 57.0 Å². The van der Waals surface area contributed by atoms with Gasteiger partial charge in [-0.05, 0) is 73.1 Å². The molecule has 0 unspecified atom stereocenters. The molecular weight excluding hydrogens is 550 g/mol. The van der Waals surface area contributed by atoms with E-state index in [4.69, 9.17) is 42.8 Å². The van der Waals surface area contributed by atoms with E-state index in [9.17, 15) is 4.79 Å². The highest BCUT2D eigenvalue weighted by Gasteiger charge is 2.31. The van der Waals surface area contributed by atoms with Gasteiger partial charge in [0.05, 0.1) is 30.9 Å². The molecule has 10 heteroatoms. The number of halogens is 1. The molecule has 40 heavy (non-hydrogen) atoms. The largest absolute Gasteiger partial charge is 0.493 e. The number of benzene rings is 2. The standard InChI is InChI=1S/C30H36ClN3O5S/c1-17(2)20-8-6-18(3)12-26(20)38-16-29(35)34-30(40)33-19-7-9-25(22(31)13-19)39-24-10-11-32-23-15-28(37-5)27(36-4)14-21(23)24/h7,9-11,13-15,17-18,20,26H,6,8,12,16H2,1-5H3,(H2,33,34,35,40)/t18-,20+,26-/m1/s1. The predicted octanol–water partition coefficient (Wildman–Crippen LogP) is 6.99. The molecule has 1 amide bonds. The number of hydrogen-bond donors (Lipinski definition) is 2. The maximum Gasteiger partial charge on any atom is 0.252 e. The topological polar surface area (TPSA) is 90.9 Å². The number of rotatable bonds is 9. The van der Waals surface area contributed by atoms with Gasteiger partial charge in [0.2, 0.25) is 0 Å². The van der Waals surface area contributed by atoms with Crippen LogP contribution in [0.5, 0.6) is 23.0 Å². The van der Waals surface area contributed by atoms with Crippen LogP contribution in [-0.4, -0.2) is 42.9 Å². The second-order valence-electron chi connectivity index (χ2n) is 10.5. The van der Waals surface area contributed by atoms with Crippen LogP contribution < -0.4 is 24.8 Å². The van der Waals surface area contributed by atoms with E-state index in [1.165, 1.54) is 6.42 Å². The van der Waals surface area contributed by atoms with Gasteiger partial charge in [0.15, 0.2) is 16.6 Å². The Kier molecular flexibility index (Phi) is 10.1. The van der Waals surface area contributed by atoms with E-state index >= 15 is 0 Å². The molecule has 1 aliphatic rings. The summed E-state index contributed by atoms with van der Waals surface area (Å²) in [5.41, 5.74) is 1.29. The molecule has 1 heterocycles. The first kappa shape index (κ1) is 29.8. The lowest BCUT2D eigenvalue weighted by molar-refractivity contribution is -0.129. The Morgan fingerprint density at radius 1 is 1.07 bits per heavy atom. The summed E-state index contributed by atoms with van der Waals surface area (Å²) in [4.78, 5) is 16.9. The van der Waals surface area contributed by atoms with Crippen molar-refractivity contribution in [3.05, 3.63) is 47.6 Å². The summed E-state index contributed by atoms with van der Waals surface area (Å²) in [7, 11) is 3.15. The maximum atomic E-state index is 12.5. The molecule has 1 aromatic heterocycles. The molecule has 2 aromatic carbocycles. The summed E-state index contributed by atoms with van der Waals surface area (Å²) in [6.45, 7) is 6.63. The van der Waals surface area contributed by atoms with Crippen LogP contribution in [0.1, 0.15) is 40.0 Å². The minimum absolute atomic E-state index is 0.0352. The minimum Gasteiger partial charge on any atom is -0.493 e. The average molecular weight is 586 g/mol. The number of anilines is 1. The van der Waals surface area contributed by atoms with Crippen molar-refractivity contribution in [3.63, 3.8) is 0 Å². The van der Waals surface area contributed by atoms with Crippen LogP contribution in [0.3, 0.4) is 0 Å². The number of thiocarbonyl (C=S) groups is 1. The third-order valence-corrected chi connectivity index (χ3v) is 7.76. The number of nitrogens with zero attached hydrogens (tertiary/aromatic N) is 1. The SMILES string of the molecule is COc1cc2nccc(Oc3ccc(NC(=S)NC(=O)CO[C@@H]4C[C@H](C)CC[C@H]4C(C)C)cc3Cl)c2cc1OC. The van der Waals surface area contributed by atoms with Gasteiger partial charge in [0, 0.05) is 23.3 Å². The van der Waals surface area contributed by atoms with Crippen molar-refractivity contribution in [3.8, 4) is 23.0 Å². The van der Waals surface area contributed by atoms with Gasteiger partial charge < -0.3 is 29.6 Å². The first-order valence-corrected chi connectivity index (χ1v) is 14.2. The van der Waals surface area contributed by atoms with Crippen LogP contribution in [0.25, 0.3) is 10.9 Å². The molecular formula is C30H36ClN3O5S. The highest BCUT2D eigenvalue weighted by Crippen LogP contribution is 2.39. The summed E-state index contributed by atoms with van der Waals surface area (Å²) >= 11 is 11.9. The number of amides is 1. The number of nitrogens with one attached hydrogen (secondary N) is 2. The Balaban J connectivity index is 1.36. The van der Waals surface area contributed by atoms with Crippen LogP contribution in [0, 0.1) is 17.8 Å². The molecule has 0 saturated heterocycles. The summed E-state index contributed by atoms with van der Waals surface area (Å²) in [6, 6.07) is 10.5. The number of ether oxygens (including phenoxy) is 4. The fraction of sp³-hybridized carbons (Fsp3) is 0.433. The molecule has 2 N–H and O–H groups in total. The van der Waals surface area contributed by atoms with E-state index in [1.807, 2.05) is 6.07 Å². The highest BCUT2D eigenvalue weighted by molar-refractivity contribution is 7.80. The fourth-order valence-electron chi connectivity index (χ4n) is 5.13. The van der Waals surface area contributed by atoms with Gasteiger partial charge in [-0.2, -0.15) is 0 Å². The molecule has 3 atom stereocenters. The minimum atomic E-state index is -0.291. The van der Waals surface area contributed by atoms with Gasteiger partial charge in [-0.15, -0.1) is 0 Å². The van der Waals surface area contributed by atoms with E-state index in [0.717, 1.165) is 18.2 Å². The van der Waals surface area contributed by atoms with Crippen molar-refractivity contribution in [2.45, 2.75) is 46.1 Å². The van der Waals surface area contributed by atoms with Crippen LogP contribution in [0.2, 0.25) is 5.02 Å². The number of aromatic nitrogens is 1. The molecule has 0 bridgehead atoms. The fourth-order valence-corrected chi connectivity index (χ4v) is 5.58. The van der Waals surface area contributed by atoms with Gasteiger partial charge in [0.25, 0.3) is 5.91 Å². The average Bonchev–Trinajstić information content (AvgIpc) is 2.92. The Bertz CT molecular complexity index is 1370. The first-order valence-electron chi connectivity index (χ1n) is 13.4. The Labute approximate surface area is 245 Å². The van der Waals surface area contributed by atoms with Crippen LogP contribution >= 0.6 is 23.8 Å². The molecule has 3 aromatic rings. The number of pyridine rings is 1. The normalized spacial score (nSPS) is 18.8. The van der Waals surface area contributed by atoms with Crippen molar-refractivity contribution in [1.29, 1.82) is 0 Å². The summed E-state index contributed by atoms with van der Waals surface area (Å²) in [6.07, 6.45) is 5.05. The van der Waals surface area contributed by atoms with Crippen LogP contribution in [0.4, 0.5) is 5.69 Å². The van der Waals surface area contributed by atoms with Gasteiger partial charge in [-0.25, -0.2) is 0 Å². The van der Waals surface area contributed by atoms with Gasteiger partial charge in [-0.1, -0.05) is 38.8 Å². The zero-order chi connectivity index (χ0) is 28.8. The molecule has 0 radical (unpaired) electrons. The second kappa shape index (κ2) is 13.5. The second-order valence-corrected chi connectivity index (χ2v) is 11.3. The Hall–Kier alpha value is -3.14. The van der Waals surface area contributed by atoms with Crippen LogP contribution in [0.15, 0.2) is 42.6 Å². The lowest BCUT2D eigenvalue weighted by atomic mass is 9.75. The third-order valence-electron chi connectivity index (χ3n) is 7.26. The third kappa shape index (κ3) is 7.33. The summed E-state index contributed by atoms with van der Waals surface area (Å²) in [5.74, 6) is 3.43. The molecule has 1 fully saturated rings. The van der Waals surface area contributed by atoms with E-state index < -0.39 is 0 Å². The molecule has 8 nitrogen and oxygen atoms in total. The number of carbonyl (C=O) groups is 1. The lowest BCUT2D eigenvalue weighted by Crippen LogP contribution is -2.40. The molecule has 0 aliphatic heterocycles. The number of methoxy groups -OCH3 is 2. The van der Waals surface area contributed by atoms with Gasteiger partial charge >= 0.3 is 0 Å². The van der Waals surface area contributed by atoms with Crippen molar-refractivity contribution in [2.75, 3.05) is 26.1 Å². The van der Waals surface area contributed by atoms with Crippen LogP contribution in [-0.2, 0) is 9.53 Å². The molecule has 1 aliphatic carbocycles. The molecule has 0 spiro atoms. The molecule has 214 valence electrons. The molecule has 4 rings (SSSR count). The number of hydrogen-bond acceptors (Lipinski definition) is 7. The lowest BCUT2D eigenvalue weighted by Gasteiger charge is -2.37. The van der Waals surface area contributed by atoms with Crippen molar-refractivity contribution in [2.24, 2.45) is 17.8 Å². The Morgan fingerprint density at radius 3 is 2.52 bits per heavy atom. The number of carbonyl (C=O) groups excluding carboxylic acids is 1. The van der Waals surface area contributed by atoms with Crippen molar-refractivity contribution < 1.29 is 23.7 Å². The molecule has 1 saturated carbocycles. The van der Waals surface area contributed by atoms with Crippen molar-refractivity contribution >= 4 is 51.4 Å².